The van der Waals surface area contributed by atoms with E-state index in [0.717, 1.165) is 29.2 Å². The third-order valence-electron chi connectivity index (χ3n) is 3.68. The summed E-state index contributed by atoms with van der Waals surface area (Å²) < 4.78 is 0. The number of carboxylic acid groups (broad SMARTS) is 1. The van der Waals surface area contributed by atoms with Crippen LogP contribution in [0, 0.1) is 5.92 Å². The fourth-order valence-electron chi connectivity index (χ4n) is 2.59. The quantitative estimate of drug-likeness (QED) is 0.904. The zero-order valence-corrected chi connectivity index (χ0v) is 11.8. The van der Waals surface area contributed by atoms with Gasteiger partial charge < -0.3 is 10.4 Å². The number of benzene rings is 1. The number of carbonyl (C=O) groups is 1. The fourth-order valence-corrected chi connectivity index (χ4v) is 3.39. The summed E-state index contributed by atoms with van der Waals surface area (Å²) in [7, 11) is 0. The Balaban J connectivity index is 1.65. The average molecular weight is 288 g/mol. The summed E-state index contributed by atoms with van der Waals surface area (Å²) >= 11 is 1.57. The van der Waals surface area contributed by atoms with Crippen molar-refractivity contribution in [2.24, 2.45) is 5.92 Å². The molecule has 1 aliphatic rings. The number of aliphatic carboxylic acids is 1. The summed E-state index contributed by atoms with van der Waals surface area (Å²) in [5.74, 6) is -0.889. The highest BCUT2D eigenvalue weighted by molar-refractivity contribution is 7.14. The van der Waals surface area contributed by atoms with Crippen LogP contribution in [0.15, 0.2) is 35.7 Å². The second-order valence-electron chi connectivity index (χ2n) is 5.09. The predicted octanol–water partition coefficient (Wildman–Crippen LogP) is 3.48. The molecule has 0 aliphatic heterocycles. The third-order valence-corrected chi connectivity index (χ3v) is 4.46. The number of hydrogen-bond donors (Lipinski definition) is 2. The van der Waals surface area contributed by atoms with Crippen LogP contribution in [0.1, 0.15) is 19.3 Å². The SMILES string of the molecule is O=C(O)C1CCC(Nc2nc(-c3ccccc3)cs2)C1. The van der Waals surface area contributed by atoms with E-state index in [9.17, 15) is 4.79 Å². The van der Waals surface area contributed by atoms with E-state index in [1.807, 2.05) is 35.7 Å². The van der Waals surface area contributed by atoms with Crippen molar-refractivity contribution in [3.8, 4) is 11.3 Å². The minimum Gasteiger partial charge on any atom is -0.481 e. The highest BCUT2D eigenvalue weighted by Crippen LogP contribution is 2.30. The number of carboxylic acids is 1. The van der Waals surface area contributed by atoms with Crippen LogP contribution in [-0.4, -0.2) is 22.1 Å². The maximum absolute atomic E-state index is 10.9. The van der Waals surface area contributed by atoms with Crippen molar-refractivity contribution < 1.29 is 9.90 Å². The number of nitrogens with zero attached hydrogens (tertiary/aromatic N) is 1. The Hall–Kier alpha value is -1.88. The maximum Gasteiger partial charge on any atom is 0.306 e. The van der Waals surface area contributed by atoms with Gasteiger partial charge in [-0.3, -0.25) is 4.79 Å². The topological polar surface area (TPSA) is 62.2 Å². The molecule has 0 bridgehead atoms. The van der Waals surface area contributed by atoms with E-state index in [1.165, 1.54) is 0 Å². The average Bonchev–Trinajstić information content (AvgIpc) is 3.10. The van der Waals surface area contributed by atoms with Crippen LogP contribution in [0.25, 0.3) is 11.3 Å². The monoisotopic (exact) mass is 288 g/mol. The van der Waals surface area contributed by atoms with Crippen LogP contribution in [0.5, 0.6) is 0 Å². The Kier molecular flexibility index (Phi) is 3.69. The lowest BCUT2D eigenvalue weighted by atomic mass is 10.1. The van der Waals surface area contributed by atoms with Crippen molar-refractivity contribution in [3.05, 3.63) is 35.7 Å². The lowest BCUT2D eigenvalue weighted by molar-refractivity contribution is -0.141. The molecule has 1 aromatic carbocycles. The molecule has 0 saturated heterocycles. The minimum absolute atomic E-state index is 0.207. The number of anilines is 1. The third kappa shape index (κ3) is 2.82. The zero-order chi connectivity index (χ0) is 13.9. The van der Waals surface area contributed by atoms with Crippen LogP contribution >= 0.6 is 11.3 Å². The molecule has 20 heavy (non-hydrogen) atoms. The highest BCUT2D eigenvalue weighted by atomic mass is 32.1. The number of nitrogens with one attached hydrogen (secondary N) is 1. The van der Waals surface area contributed by atoms with E-state index in [4.69, 9.17) is 5.11 Å². The molecular formula is C15H16N2O2S. The molecule has 2 aromatic rings. The highest BCUT2D eigenvalue weighted by Gasteiger charge is 2.29. The molecule has 2 N–H and O–H groups in total. The predicted molar refractivity (Wildman–Crippen MR) is 79.9 cm³/mol. The summed E-state index contributed by atoms with van der Waals surface area (Å²) in [5, 5.41) is 15.3. The molecule has 1 fully saturated rings. The normalized spacial score (nSPS) is 21.8. The van der Waals surface area contributed by atoms with Crippen molar-refractivity contribution in [1.82, 2.24) is 4.98 Å². The molecule has 1 aliphatic carbocycles. The first-order valence-corrected chi connectivity index (χ1v) is 7.60. The molecule has 5 heteroatoms. The number of rotatable bonds is 4. The van der Waals surface area contributed by atoms with E-state index < -0.39 is 5.97 Å². The minimum atomic E-state index is -0.682. The van der Waals surface area contributed by atoms with Gasteiger partial charge in [-0.2, -0.15) is 0 Å². The molecule has 1 saturated carbocycles. The molecule has 2 unspecified atom stereocenters. The first kappa shape index (κ1) is 13.1. The van der Waals surface area contributed by atoms with Gasteiger partial charge in [0.05, 0.1) is 11.6 Å². The van der Waals surface area contributed by atoms with Crippen LogP contribution in [0.2, 0.25) is 0 Å². The lowest BCUT2D eigenvalue weighted by Crippen LogP contribution is -2.17. The summed E-state index contributed by atoms with van der Waals surface area (Å²) in [6.07, 6.45) is 2.34. The molecule has 104 valence electrons. The number of hydrogen-bond acceptors (Lipinski definition) is 4. The van der Waals surface area contributed by atoms with Gasteiger partial charge in [0.15, 0.2) is 5.13 Å². The Morgan fingerprint density at radius 1 is 1.30 bits per heavy atom. The lowest BCUT2D eigenvalue weighted by Gasteiger charge is -2.10. The molecule has 0 spiro atoms. The van der Waals surface area contributed by atoms with Crippen molar-refractivity contribution in [1.29, 1.82) is 0 Å². The summed E-state index contributed by atoms with van der Waals surface area (Å²) in [4.78, 5) is 15.5. The summed E-state index contributed by atoms with van der Waals surface area (Å²) in [6.45, 7) is 0. The second kappa shape index (κ2) is 5.63. The van der Waals surface area contributed by atoms with E-state index in [1.54, 1.807) is 11.3 Å². The first-order chi connectivity index (χ1) is 9.72. The van der Waals surface area contributed by atoms with Crippen LogP contribution in [0.4, 0.5) is 5.13 Å². The van der Waals surface area contributed by atoms with Crippen molar-refractivity contribution in [2.45, 2.75) is 25.3 Å². The van der Waals surface area contributed by atoms with Crippen molar-refractivity contribution in [2.75, 3.05) is 5.32 Å². The number of aromatic nitrogens is 1. The van der Waals surface area contributed by atoms with Gasteiger partial charge >= 0.3 is 5.97 Å². The first-order valence-electron chi connectivity index (χ1n) is 6.72. The molecule has 2 atom stereocenters. The fraction of sp³-hybridized carbons (Fsp3) is 0.333. The standard InChI is InChI=1S/C15H16N2O2S/c18-14(19)11-6-7-12(8-11)16-15-17-13(9-20-15)10-4-2-1-3-5-10/h1-5,9,11-12H,6-8H2,(H,16,17)(H,18,19). The largest absolute Gasteiger partial charge is 0.481 e. The van der Waals surface area contributed by atoms with Crippen molar-refractivity contribution in [3.63, 3.8) is 0 Å². The van der Waals surface area contributed by atoms with Gasteiger partial charge in [0.1, 0.15) is 0 Å². The molecule has 3 rings (SSSR count). The second-order valence-corrected chi connectivity index (χ2v) is 5.95. The molecule has 4 nitrogen and oxygen atoms in total. The molecular weight excluding hydrogens is 272 g/mol. The van der Waals surface area contributed by atoms with E-state index in [-0.39, 0.29) is 12.0 Å². The Labute approximate surface area is 121 Å². The number of thiazole rings is 1. The van der Waals surface area contributed by atoms with Gasteiger partial charge in [0.2, 0.25) is 0 Å². The van der Waals surface area contributed by atoms with Crippen molar-refractivity contribution >= 4 is 22.4 Å². The Morgan fingerprint density at radius 2 is 2.10 bits per heavy atom. The van der Waals surface area contributed by atoms with E-state index in [0.29, 0.717) is 6.42 Å². The van der Waals surface area contributed by atoms with E-state index in [2.05, 4.69) is 10.3 Å². The van der Waals surface area contributed by atoms with Gasteiger partial charge in [-0.15, -0.1) is 11.3 Å². The van der Waals surface area contributed by atoms with Gasteiger partial charge in [0, 0.05) is 17.0 Å². The smallest absolute Gasteiger partial charge is 0.306 e. The van der Waals surface area contributed by atoms with E-state index >= 15 is 0 Å². The Bertz CT molecular complexity index is 597. The van der Waals surface area contributed by atoms with Crippen LogP contribution in [-0.2, 0) is 4.79 Å². The Morgan fingerprint density at radius 3 is 2.80 bits per heavy atom. The van der Waals surface area contributed by atoms with Gasteiger partial charge in [-0.25, -0.2) is 4.98 Å². The molecule has 1 heterocycles. The van der Waals surface area contributed by atoms with Gasteiger partial charge in [-0.05, 0) is 19.3 Å². The zero-order valence-electron chi connectivity index (χ0n) is 11.0. The summed E-state index contributed by atoms with van der Waals surface area (Å²) in [6, 6.07) is 10.3. The van der Waals surface area contributed by atoms with Gasteiger partial charge in [-0.1, -0.05) is 30.3 Å². The maximum atomic E-state index is 10.9. The van der Waals surface area contributed by atoms with Crippen LogP contribution in [0.3, 0.4) is 0 Å². The van der Waals surface area contributed by atoms with Gasteiger partial charge in [0.25, 0.3) is 0 Å². The summed E-state index contributed by atoms with van der Waals surface area (Å²) in [5.41, 5.74) is 2.07. The molecule has 0 radical (unpaired) electrons. The van der Waals surface area contributed by atoms with Crippen LogP contribution < -0.4 is 5.32 Å². The molecule has 1 aromatic heterocycles. The molecule has 0 amide bonds.